The van der Waals surface area contributed by atoms with Crippen molar-refractivity contribution in [2.45, 2.75) is 25.5 Å². The number of nitrogens with zero attached hydrogens (tertiary/aromatic N) is 3. The Balaban J connectivity index is 2.55. The van der Waals surface area contributed by atoms with Gasteiger partial charge in [-0.15, -0.1) is 21.5 Å². The molecule has 0 bridgehead atoms. The van der Waals surface area contributed by atoms with Crippen molar-refractivity contribution in [3.05, 3.63) is 11.4 Å². The maximum absolute atomic E-state index is 11.6. The number of aromatic nitrogens is 3. The standard InChI is InChI=1S/C11H14ClN3O3S2/c1-7(2)5-15-10(9-4-8(18-3)6-19-9)13-14-11(15)20(12,16)17/h4,6-7H,5H2,1-3H3. The van der Waals surface area contributed by atoms with E-state index in [-0.39, 0.29) is 11.1 Å². The summed E-state index contributed by atoms with van der Waals surface area (Å²) >= 11 is 1.41. The molecule has 0 unspecified atom stereocenters. The molecule has 0 aromatic carbocycles. The average molecular weight is 336 g/mol. The number of ether oxygens (including phenoxy) is 1. The third-order valence-corrected chi connectivity index (χ3v) is 4.57. The summed E-state index contributed by atoms with van der Waals surface area (Å²) in [6.07, 6.45) is 0. The highest BCUT2D eigenvalue weighted by atomic mass is 35.7. The summed E-state index contributed by atoms with van der Waals surface area (Å²) < 4.78 is 29.8. The number of hydrogen-bond donors (Lipinski definition) is 0. The molecular weight excluding hydrogens is 322 g/mol. The van der Waals surface area contributed by atoms with Crippen molar-refractivity contribution in [1.82, 2.24) is 14.8 Å². The van der Waals surface area contributed by atoms with Crippen LogP contribution in [0.1, 0.15) is 13.8 Å². The van der Waals surface area contributed by atoms with E-state index in [4.69, 9.17) is 15.4 Å². The van der Waals surface area contributed by atoms with E-state index in [1.54, 1.807) is 13.2 Å². The Morgan fingerprint density at radius 1 is 1.45 bits per heavy atom. The van der Waals surface area contributed by atoms with Crippen molar-refractivity contribution in [3.8, 4) is 16.5 Å². The topological polar surface area (TPSA) is 74.1 Å². The average Bonchev–Trinajstić information content (AvgIpc) is 2.92. The van der Waals surface area contributed by atoms with Crippen LogP contribution in [0.15, 0.2) is 16.6 Å². The summed E-state index contributed by atoms with van der Waals surface area (Å²) in [5.74, 6) is 1.40. The lowest BCUT2D eigenvalue weighted by Gasteiger charge is -2.10. The summed E-state index contributed by atoms with van der Waals surface area (Å²) in [6, 6.07) is 1.79. The summed E-state index contributed by atoms with van der Waals surface area (Å²) in [5, 5.41) is 9.26. The van der Waals surface area contributed by atoms with Crippen molar-refractivity contribution in [1.29, 1.82) is 0 Å². The Morgan fingerprint density at radius 2 is 2.15 bits per heavy atom. The van der Waals surface area contributed by atoms with Crippen molar-refractivity contribution >= 4 is 31.1 Å². The SMILES string of the molecule is COc1csc(-c2nnc(S(=O)(=O)Cl)n2CC(C)C)c1. The summed E-state index contributed by atoms with van der Waals surface area (Å²) in [4.78, 5) is 0.779. The minimum atomic E-state index is -3.93. The van der Waals surface area contributed by atoms with Crippen molar-refractivity contribution < 1.29 is 13.2 Å². The van der Waals surface area contributed by atoms with E-state index in [1.807, 2.05) is 19.2 Å². The molecule has 20 heavy (non-hydrogen) atoms. The second kappa shape index (κ2) is 5.71. The Kier molecular flexibility index (Phi) is 4.36. The molecule has 0 saturated heterocycles. The van der Waals surface area contributed by atoms with Gasteiger partial charge in [0.25, 0.3) is 14.2 Å². The fourth-order valence-corrected chi connectivity index (χ4v) is 3.48. The smallest absolute Gasteiger partial charge is 0.296 e. The lowest BCUT2D eigenvalue weighted by molar-refractivity contribution is 0.417. The normalized spacial score (nSPS) is 12.1. The number of rotatable bonds is 5. The Hall–Kier alpha value is -1.12. The molecule has 0 amide bonds. The fourth-order valence-electron chi connectivity index (χ4n) is 1.72. The summed E-state index contributed by atoms with van der Waals surface area (Å²) in [7, 11) is 3.05. The molecule has 0 aliphatic rings. The van der Waals surface area contributed by atoms with E-state index in [1.165, 1.54) is 15.9 Å². The van der Waals surface area contributed by atoms with Gasteiger partial charge in [0.2, 0.25) is 0 Å². The van der Waals surface area contributed by atoms with E-state index >= 15 is 0 Å². The summed E-state index contributed by atoms with van der Waals surface area (Å²) in [5.41, 5.74) is 0. The molecule has 0 N–H and O–H groups in total. The van der Waals surface area contributed by atoms with Crippen molar-refractivity contribution in [2.75, 3.05) is 7.11 Å². The molecule has 0 saturated carbocycles. The van der Waals surface area contributed by atoms with Crippen molar-refractivity contribution in [2.24, 2.45) is 5.92 Å². The molecule has 0 radical (unpaired) electrons. The predicted octanol–water partition coefficient (Wildman–Crippen LogP) is 2.60. The fraction of sp³-hybridized carbons (Fsp3) is 0.455. The van der Waals surface area contributed by atoms with Gasteiger partial charge in [-0.25, -0.2) is 8.42 Å². The number of halogens is 1. The second-order valence-corrected chi connectivity index (χ2v) is 7.97. The highest BCUT2D eigenvalue weighted by molar-refractivity contribution is 8.13. The van der Waals surface area contributed by atoms with Crippen LogP contribution in [-0.2, 0) is 15.6 Å². The van der Waals surface area contributed by atoms with Crippen LogP contribution in [0.5, 0.6) is 5.75 Å². The highest BCUT2D eigenvalue weighted by Gasteiger charge is 2.24. The maximum atomic E-state index is 11.6. The van der Waals surface area contributed by atoms with Gasteiger partial charge in [0.1, 0.15) is 5.75 Å². The first-order chi connectivity index (χ1) is 9.32. The third kappa shape index (κ3) is 3.13. The van der Waals surface area contributed by atoms with Gasteiger partial charge in [-0.1, -0.05) is 13.8 Å². The van der Waals surface area contributed by atoms with Crippen LogP contribution in [0, 0.1) is 5.92 Å². The van der Waals surface area contributed by atoms with Gasteiger partial charge in [0.15, 0.2) is 5.82 Å². The van der Waals surface area contributed by atoms with Gasteiger partial charge in [0.05, 0.1) is 12.0 Å². The second-order valence-electron chi connectivity index (χ2n) is 4.60. The maximum Gasteiger partial charge on any atom is 0.296 e. The van der Waals surface area contributed by atoms with Crippen LogP contribution < -0.4 is 4.74 Å². The first-order valence-corrected chi connectivity index (χ1v) is 9.02. The Morgan fingerprint density at radius 3 is 2.65 bits per heavy atom. The first-order valence-electron chi connectivity index (χ1n) is 5.83. The van der Waals surface area contributed by atoms with Gasteiger partial charge in [-0.2, -0.15) is 0 Å². The zero-order valence-electron chi connectivity index (χ0n) is 11.2. The molecule has 9 heteroatoms. The van der Waals surface area contributed by atoms with Gasteiger partial charge in [-0.05, 0) is 5.92 Å². The van der Waals surface area contributed by atoms with Gasteiger partial charge in [0, 0.05) is 28.7 Å². The largest absolute Gasteiger partial charge is 0.496 e. The molecule has 6 nitrogen and oxygen atoms in total. The molecular formula is C11H14ClN3O3S2. The van der Waals surface area contributed by atoms with Crippen molar-refractivity contribution in [3.63, 3.8) is 0 Å². The number of hydrogen-bond acceptors (Lipinski definition) is 6. The molecule has 2 rings (SSSR count). The monoisotopic (exact) mass is 335 g/mol. The van der Waals surface area contributed by atoms with Gasteiger partial charge >= 0.3 is 0 Å². The van der Waals surface area contributed by atoms with E-state index < -0.39 is 9.05 Å². The lowest BCUT2D eigenvalue weighted by Crippen LogP contribution is -2.11. The highest BCUT2D eigenvalue weighted by Crippen LogP contribution is 2.31. The quantitative estimate of drug-likeness (QED) is 0.785. The Bertz CT molecular complexity index is 706. The summed E-state index contributed by atoms with van der Waals surface area (Å²) in [6.45, 7) is 4.41. The van der Waals surface area contributed by atoms with Crippen LogP contribution in [-0.4, -0.2) is 30.3 Å². The van der Waals surface area contributed by atoms with Crippen LogP contribution in [0.2, 0.25) is 0 Å². The molecule has 2 aromatic heterocycles. The lowest BCUT2D eigenvalue weighted by atomic mass is 10.2. The van der Waals surface area contributed by atoms with Crippen LogP contribution in [0.3, 0.4) is 0 Å². The minimum Gasteiger partial charge on any atom is -0.496 e. The van der Waals surface area contributed by atoms with Gasteiger partial charge < -0.3 is 4.74 Å². The minimum absolute atomic E-state index is 0.226. The third-order valence-electron chi connectivity index (χ3n) is 2.51. The zero-order valence-corrected chi connectivity index (χ0v) is 13.6. The van der Waals surface area contributed by atoms with Gasteiger partial charge in [-0.3, -0.25) is 4.57 Å². The van der Waals surface area contributed by atoms with Crippen LogP contribution in [0.25, 0.3) is 10.7 Å². The molecule has 0 spiro atoms. The zero-order chi connectivity index (χ0) is 14.9. The van der Waals surface area contributed by atoms with E-state index in [0.29, 0.717) is 18.1 Å². The molecule has 0 fully saturated rings. The van der Waals surface area contributed by atoms with E-state index in [2.05, 4.69) is 10.2 Å². The first kappa shape index (κ1) is 15.3. The molecule has 0 atom stereocenters. The van der Waals surface area contributed by atoms with E-state index in [9.17, 15) is 8.42 Å². The Labute approximate surface area is 125 Å². The molecule has 0 aliphatic heterocycles. The number of thiophene rings is 1. The van der Waals surface area contributed by atoms with Crippen LogP contribution in [0.4, 0.5) is 0 Å². The predicted molar refractivity (Wildman–Crippen MR) is 77.8 cm³/mol. The van der Waals surface area contributed by atoms with E-state index in [0.717, 1.165) is 4.88 Å². The molecule has 110 valence electrons. The number of methoxy groups -OCH3 is 1. The molecule has 2 heterocycles. The molecule has 0 aliphatic carbocycles. The molecule has 2 aromatic rings. The van der Waals surface area contributed by atoms with Crippen LogP contribution >= 0.6 is 22.0 Å².